The molecule has 1 atom stereocenters. The number of methoxy groups -OCH3 is 1. The average Bonchev–Trinajstić information content (AvgIpc) is 2.61. The Hall–Kier alpha value is -2.59. The van der Waals surface area contributed by atoms with Gasteiger partial charge in [-0.05, 0) is 43.7 Å². The van der Waals surface area contributed by atoms with Crippen LogP contribution in [0.4, 0.5) is 5.82 Å². The first kappa shape index (κ1) is 17.2. The lowest BCUT2D eigenvalue weighted by Gasteiger charge is -2.16. The maximum Gasteiger partial charge on any atom is 0.130 e. The van der Waals surface area contributed by atoms with Crippen molar-refractivity contribution in [1.82, 2.24) is 9.97 Å². The number of aromatic nitrogens is 2. The number of nitrogens with one attached hydrogen (secondary N) is 1. The van der Waals surface area contributed by atoms with Crippen molar-refractivity contribution < 1.29 is 4.74 Å². The molecular weight excluding hydrogens is 334 g/mol. The summed E-state index contributed by atoms with van der Waals surface area (Å²) in [5.74, 6) is 2.32. The third-order valence-corrected chi connectivity index (χ3v) is 4.15. The molecule has 1 heterocycles. The fraction of sp³-hybridized carbons (Fsp3) is 0.200. The van der Waals surface area contributed by atoms with E-state index in [1.165, 1.54) is 0 Å². The fourth-order valence-electron chi connectivity index (χ4n) is 2.65. The molecule has 2 aromatic carbocycles. The minimum absolute atomic E-state index is 0.0802. The predicted molar refractivity (Wildman–Crippen MR) is 102 cm³/mol. The van der Waals surface area contributed by atoms with Gasteiger partial charge in [0, 0.05) is 16.7 Å². The molecule has 1 N–H and O–H groups in total. The molecule has 1 unspecified atom stereocenters. The molecule has 0 aliphatic rings. The van der Waals surface area contributed by atoms with Crippen LogP contribution < -0.4 is 10.1 Å². The number of aryl methyl sites for hydroxylation is 1. The molecule has 0 radical (unpaired) electrons. The molecule has 0 saturated carbocycles. The minimum Gasteiger partial charge on any atom is -0.497 e. The topological polar surface area (TPSA) is 47.0 Å². The van der Waals surface area contributed by atoms with Crippen LogP contribution in [-0.2, 0) is 0 Å². The molecule has 3 aromatic rings. The van der Waals surface area contributed by atoms with Crippen molar-refractivity contribution >= 4 is 17.4 Å². The first-order chi connectivity index (χ1) is 12.0. The van der Waals surface area contributed by atoms with Crippen molar-refractivity contribution in [2.75, 3.05) is 12.4 Å². The summed E-state index contributed by atoms with van der Waals surface area (Å²) in [5, 5.41) is 4.12. The second kappa shape index (κ2) is 7.53. The van der Waals surface area contributed by atoms with Gasteiger partial charge in [0.15, 0.2) is 0 Å². The molecule has 0 aliphatic carbocycles. The van der Waals surface area contributed by atoms with E-state index in [4.69, 9.17) is 16.3 Å². The summed E-state index contributed by atoms with van der Waals surface area (Å²) < 4.78 is 5.30. The normalized spacial score (nSPS) is 11.8. The molecule has 0 fully saturated rings. The molecule has 4 nitrogen and oxygen atoms in total. The van der Waals surface area contributed by atoms with Crippen molar-refractivity contribution in [2.24, 2.45) is 0 Å². The van der Waals surface area contributed by atoms with Gasteiger partial charge < -0.3 is 10.1 Å². The van der Waals surface area contributed by atoms with E-state index in [2.05, 4.69) is 28.3 Å². The Labute approximate surface area is 152 Å². The molecule has 1 aromatic heterocycles. The molecule has 3 rings (SSSR count). The third-order valence-electron chi connectivity index (χ3n) is 3.92. The Morgan fingerprint density at radius 2 is 1.84 bits per heavy atom. The van der Waals surface area contributed by atoms with E-state index in [1.54, 1.807) is 7.11 Å². The number of benzene rings is 2. The summed E-state index contributed by atoms with van der Waals surface area (Å²) >= 11 is 6.10. The highest BCUT2D eigenvalue weighted by Crippen LogP contribution is 2.26. The maximum atomic E-state index is 6.10. The molecule has 0 bridgehead atoms. The lowest BCUT2D eigenvalue weighted by molar-refractivity contribution is 0.414. The van der Waals surface area contributed by atoms with Gasteiger partial charge in [0.2, 0.25) is 0 Å². The minimum atomic E-state index is 0.0802. The van der Waals surface area contributed by atoms with Crippen LogP contribution in [0.1, 0.15) is 24.4 Å². The van der Waals surface area contributed by atoms with Crippen molar-refractivity contribution in [3.63, 3.8) is 0 Å². The van der Waals surface area contributed by atoms with Crippen LogP contribution in [0.2, 0.25) is 5.02 Å². The standard InChI is InChI=1S/C20H20ClN3O/c1-13(15-6-5-9-18(11-15)25-3)22-20-12-19(23-14(2)24-20)16-7-4-8-17(21)10-16/h4-13H,1-3H3,(H,22,23,24). The highest BCUT2D eigenvalue weighted by molar-refractivity contribution is 6.30. The number of anilines is 1. The van der Waals surface area contributed by atoms with E-state index in [0.29, 0.717) is 10.8 Å². The molecular formula is C20H20ClN3O. The summed E-state index contributed by atoms with van der Waals surface area (Å²) in [6.45, 7) is 3.97. The van der Waals surface area contributed by atoms with Gasteiger partial charge in [-0.2, -0.15) is 0 Å². The van der Waals surface area contributed by atoms with Crippen LogP contribution in [0.5, 0.6) is 5.75 Å². The van der Waals surface area contributed by atoms with Gasteiger partial charge in [-0.15, -0.1) is 0 Å². The van der Waals surface area contributed by atoms with E-state index >= 15 is 0 Å². The molecule has 0 aliphatic heterocycles. The first-order valence-electron chi connectivity index (χ1n) is 8.07. The van der Waals surface area contributed by atoms with E-state index < -0.39 is 0 Å². The second-order valence-electron chi connectivity index (χ2n) is 5.84. The van der Waals surface area contributed by atoms with Crippen LogP contribution in [0, 0.1) is 6.92 Å². The van der Waals surface area contributed by atoms with Gasteiger partial charge in [0.25, 0.3) is 0 Å². The maximum absolute atomic E-state index is 6.10. The van der Waals surface area contributed by atoms with Crippen LogP contribution in [0.15, 0.2) is 54.6 Å². The zero-order valence-corrected chi connectivity index (χ0v) is 15.2. The number of halogens is 1. The van der Waals surface area contributed by atoms with E-state index in [0.717, 1.165) is 28.4 Å². The Balaban J connectivity index is 1.87. The van der Waals surface area contributed by atoms with Gasteiger partial charge in [0.05, 0.1) is 18.8 Å². The van der Waals surface area contributed by atoms with Crippen molar-refractivity contribution in [2.45, 2.75) is 19.9 Å². The quantitative estimate of drug-likeness (QED) is 0.677. The third kappa shape index (κ3) is 4.28. The SMILES string of the molecule is COc1cccc(C(C)Nc2cc(-c3cccc(Cl)c3)nc(C)n2)c1. The lowest BCUT2D eigenvalue weighted by Crippen LogP contribution is -2.09. The van der Waals surface area contributed by atoms with E-state index in [1.807, 2.05) is 55.5 Å². The molecule has 0 saturated heterocycles. The predicted octanol–water partition coefficient (Wildman–Crippen LogP) is 5.29. The molecule has 25 heavy (non-hydrogen) atoms. The van der Waals surface area contributed by atoms with Crippen LogP contribution >= 0.6 is 11.6 Å². The van der Waals surface area contributed by atoms with Crippen molar-refractivity contribution in [3.05, 3.63) is 71.0 Å². The van der Waals surface area contributed by atoms with Gasteiger partial charge in [-0.1, -0.05) is 35.9 Å². The monoisotopic (exact) mass is 353 g/mol. The Morgan fingerprint density at radius 3 is 2.60 bits per heavy atom. The Morgan fingerprint density at radius 1 is 1.04 bits per heavy atom. The summed E-state index contributed by atoms with van der Waals surface area (Å²) in [6, 6.07) is 17.7. The zero-order chi connectivity index (χ0) is 17.8. The van der Waals surface area contributed by atoms with Crippen LogP contribution in [-0.4, -0.2) is 17.1 Å². The van der Waals surface area contributed by atoms with E-state index in [-0.39, 0.29) is 6.04 Å². The fourth-order valence-corrected chi connectivity index (χ4v) is 2.84. The van der Waals surface area contributed by atoms with Gasteiger partial charge >= 0.3 is 0 Å². The summed E-state index contributed by atoms with van der Waals surface area (Å²) in [5.41, 5.74) is 2.94. The van der Waals surface area contributed by atoms with Crippen LogP contribution in [0.3, 0.4) is 0 Å². The van der Waals surface area contributed by atoms with Crippen molar-refractivity contribution in [3.8, 4) is 17.0 Å². The Kier molecular flexibility index (Phi) is 5.19. The van der Waals surface area contributed by atoms with Crippen LogP contribution in [0.25, 0.3) is 11.3 Å². The smallest absolute Gasteiger partial charge is 0.130 e. The average molecular weight is 354 g/mol. The molecule has 5 heteroatoms. The molecule has 128 valence electrons. The van der Waals surface area contributed by atoms with Gasteiger partial charge in [-0.3, -0.25) is 0 Å². The summed E-state index contributed by atoms with van der Waals surface area (Å²) in [7, 11) is 1.67. The second-order valence-corrected chi connectivity index (χ2v) is 6.28. The molecule has 0 spiro atoms. The van der Waals surface area contributed by atoms with Crippen molar-refractivity contribution in [1.29, 1.82) is 0 Å². The molecule has 0 amide bonds. The number of hydrogen-bond acceptors (Lipinski definition) is 4. The first-order valence-corrected chi connectivity index (χ1v) is 8.45. The van der Waals surface area contributed by atoms with Gasteiger partial charge in [-0.25, -0.2) is 9.97 Å². The highest BCUT2D eigenvalue weighted by atomic mass is 35.5. The van der Waals surface area contributed by atoms with Gasteiger partial charge in [0.1, 0.15) is 17.4 Å². The summed E-state index contributed by atoms with van der Waals surface area (Å²) in [6.07, 6.45) is 0. The number of nitrogens with zero attached hydrogens (tertiary/aromatic N) is 2. The van der Waals surface area contributed by atoms with E-state index in [9.17, 15) is 0 Å². The summed E-state index contributed by atoms with van der Waals surface area (Å²) in [4.78, 5) is 9.03. The zero-order valence-electron chi connectivity index (χ0n) is 14.5. The highest BCUT2D eigenvalue weighted by Gasteiger charge is 2.10. The lowest BCUT2D eigenvalue weighted by atomic mass is 10.1. The largest absolute Gasteiger partial charge is 0.497 e. The number of hydrogen-bond donors (Lipinski definition) is 1. The number of ether oxygens (including phenoxy) is 1. The Bertz CT molecular complexity index is 882. The number of rotatable bonds is 5.